The first-order valence-electron chi connectivity index (χ1n) is 10.6. The molecule has 1 fully saturated rings. The van der Waals surface area contributed by atoms with Gasteiger partial charge < -0.3 is 10.1 Å². The Bertz CT molecular complexity index is 1100. The van der Waals surface area contributed by atoms with Crippen molar-refractivity contribution in [1.82, 2.24) is 15.4 Å². The minimum absolute atomic E-state index is 0.270. The molecule has 1 saturated heterocycles. The summed E-state index contributed by atoms with van der Waals surface area (Å²) in [7, 11) is 1.81. The third-order valence-electron chi connectivity index (χ3n) is 5.82. The second-order valence-corrected chi connectivity index (χ2v) is 7.95. The standard InChI is InChI=1S/C24H26N4O4/c1-28-14-4-6-19(23(29)27-31)22(28)24(30)26-17-10-8-16(9-11-17)15-32-21-12-13-25-20-7-3-2-5-18(20)21/h2-3,5,7-13,19,22,31H,4,6,14-15H2,1H3,(H,26,30)(H,27,29)/t19-,22-/m1/s1. The van der Waals surface area contributed by atoms with Crippen molar-refractivity contribution < 1.29 is 19.5 Å². The van der Waals surface area contributed by atoms with E-state index in [2.05, 4.69) is 10.3 Å². The molecule has 32 heavy (non-hydrogen) atoms. The Kier molecular flexibility index (Phi) is 6.63. The number of likely N-dealkylation sites (tertiary alicyclic amines) is 1. The maximum Gasteiger partial charge on any atom is 0.248 e. The summed E-state index contributed by atoms with van der Waals surface area (Å²) in [5, 5.41) is 12.9. The zero-order valence-corrected chi connectivity index (χ0v) is 17.8. The van der Waals surface area contributed by atoms with Gasteiger partial charge in [0.1, 0.15) is 18.4 Å². The normalized spacial score (nSPS) is 18.8. The fraction of sp³-hybridized carbons (Fsp3) is 0.292. The summed E-state index contributed by atoms with van der Waals surface area (Å²) >= 11 is 0. The number of para-hydroxylation sites is 1. The van der Waals surface area contributed by atoms with Crippen LogP contribution in [0, 0.1) is 5.92 Å². The number of pyridine rings is 1. The summed E-state index contributed by atoms with van der Waals surface area (Å²) in [6.07, 6.45) is 3.07. The molecule has 2 amide bonds. The van der Waals surface area contributed by atoms with Gasteiger partial charge in [0.25, 0.3) is 0 Å². The Labute approximate surface area is 186 Å². The van der Waals surface area contributed by atoms with Crippen molar-refractivity contribution in [3.8, 4) is 5.75 Å². The molecular formula is C24H26N4O4. The lowest BCUT2D eigenvalue weighted by atomic mass is 9.88. The van der Waals surface area contributed by atoms with Gasteiger partial charge in [-0.25, -0.2) is 5.48 Å². The third-order valence-corrected chi connectivity index (χ3v) is 5.82. The number of anilines is 1. The maximum atomic E-state index is 12.9. The Morgan fingerprint density at radius 2 is 1.91 bits per heavy atom. The van der Waals surface area contributed by atoms with Crippen molar-refractivity contribution in [2.24, 2.45) is 5.92 Å². The molecule has 0 aliphatic carbocycles. The fourth-order valence-electron chi connectivity index (χ4n) is 4.16. The smallest absolute Gasteiger partial charge is 0.248 e. The van der Waals surface area contributed by atoms with E-state index >= 15 is 0 Å². The molecule has 0 bridgehead atoms. The van der Waals surface area contributed by atoms with Crippen molar-refractivity contribution in [3.05, 3.63) is 66.4 Å². The van der Waals surface area contributed by atoms with Crippen LogP contribution in [0.2, 0.25) is 0 Å². The number of rotatable bonds is 6. The van der Waals surface area contributed by atoms with Crippen molar-refractivity contribution >= 4 is 28.4 Å². The molecule has 8 heteroatoms. The average molecular weight is 434 g/mol. The van der Waals surface area contributed by atoms with E-state index < -0.39 is 17.9 Å². The number of hydrogen-bond donors (Lipinski definition) is 3. The number of fused-ring (bicyclic) bond motifs is 1. The number of carbonyl (C=O) groups excluding carboxylic acids is 2. The average Bonchev–Trinajstić information content (AvgIpc) is 2.82. The van der Waals surface area contributed by atoms with Crippen LogP contribution in [0.3, 0.4) is 0 Å². The van der Waals surface area contributed by atoms with Crippen LogP contribution in [-0.2, 0) is 16.2 Å². The van der Waals surface area contributed by atoms with Crippen molar-refractivity contribution in [2.45, 2.75) is 25.5 Å². The summed E-state index contributed by atoms with van der Waals surface area (Å²) in [5.41, 5.74) is 4.15. The lowest BCUT2D eigenvalue weighted by molar-refractivity contribution is -0.141. The van der Waals surface area contributed by atoms with Crippen LogP contribution in [0.5, 0.6) is 5.75 Å². The van der Waals surface area contributed by atoms with Gasteiger partial charge in [0.2, 0.25) is 11.8 Å². The van der Waals surface area contributed by atoms with E-state index in [9.17, 15) is 9.59 Å². The number of hydrogen-bond acceptors (Lipinski definition) is 6. The molecule has 3 aromatic rings. The second kappa shape index (κ2) is 9.76. The highest BCUT2D eigenvalue weighted by molar-refractivity contribution is 5.98. The molecule has 2 atom stereocenters. The number of hydroxylamine groups is 1. The lowest BCUT2D eigenvalue weighted by Gasteiger charge is -2.36. The van der Waals surface area contributed by atoms with E-state index in [1.54, 1.807) is 11.7 Å². The van der Waals surface area contributed by atoms with E-state index in [1.807, 2.05) is 66.5 Å². The largest absolute Gasteiger partial charge is 0.488 e. The summed E-state index contributed by atoms with van der Waals surface area (Å²) in [4.78, 5) is 31.1. The summed E-state index contributed by atoms with van der Waals surface area (Å²) in [5.74, 6) is -0.635. The van der Waals surface area contributed by atoms with Gasteiger partial charge in [0.05, 0.1) is 11.4 Å². The SMILES string of the molecule is CN1CCC[C@@H](C(=O)NO)[C@@H]1C(=O)Nc1ccc(COc2ccnc3ccccc23)cc1. The Balaban J connectivity index is 1.40. The predicted octanol–water partition coefficient (Wildman–Crippen LogP) is 2.97. The minimum Gasteiger partial charge on any atom is -0.488 e. The maximum absolute atomic E-state index is 12.9. The van der Waals surface area contributed by atoms with Crippen LogP contribution < -0.4 is 15.5 Å². The molecule has 0 radical (unpaired) electrons. The number of piperidine rings is 1. The molecule has 3 N–H and O–H groups in total. The molecule has 0 saturated carbocycles. The van der Waals surface area contributed by atoms with Gasteiger partial charge in [-0.1, -0.05) is 24.3 Å². The molecule has 2 heterocycles. The Hall–Kier alpha value is -3.49. The number of nitrogens with zero attached hydrogens (tertiary/aromatic N) is 2. The minimum atomic E-state index is -0.640. The van der Waals surface area contributed by atoms with E-state index in [0.29, 0.717) is 25.3 Å². The van der Waals surface area contributed by atoms with Crippen molar-refractivity contribution in [2.75, 3.05) is 18.9 Å². The second-order valence-electron chi connectivity index (χ2n) is 7.95. The highest BCUT2D eigenvalue weighted by Gasteiger charge is 2.39. The topological polar surface area (TPSA) is 104 Å². The molecule has 166 valence electrons. The van der Waals surface area contributed by atoms with Gasteiger partial charge in [-0.3, -0.25) is 24.7 Å². The van der Waals surface area contributed by atoms with Crippen LogP contribution >= 0.6 is 0 Å². The molecule has 8 nitrogen and oxygen atoms in total. The first-order valence-corrected chi connectivity index (χ1v) is 10.6. The Morgan fingerprint density at radius 1 is 1.12 bits per heavy atom. The molecule has 1 aliphatic rings. The van der Waals surface area contributed by atoms with Crippen molar-refractivity contribution in [3.63, 3.8) is 0 Å². The monoisotopic (exact) mass is 434 g/mol. The number of amides is 2. The number of likely N-dealkylation sites (N-methyl/N-ethyl adjacent to an activating group) is 1. The van der Waals surface area contributed by atoms with Gasteiger partial charge >= 0.3 is 0 Å². The Morgan fingerprint density at radius 3 is 2.69 bits per heavy atom. The molecule has 0 spiro atoms. The first-order chi connectivity index (χ1) is 15.6. The molecule has 1 aromatic heterocycles. The van der Waals surface area contributed by atoms with Gasteiger partial charge in [-0.2, -0.15) is 0 Å². The number of aromatic nitrogens is 1. The predicted molar refractivity (Wildman–Crippen MR) is 120 cm³/mol. The van der Waals surface area contributed by atoms with E-state index in [-0.39, 0.29) is 5.91 Å². The van der Waals surface area contributed by atoms with Crippen molar-refractivity contribution in [1.29, 1.82) is 0 Å². The van der Waals surface area contributed by atoms with E-state index in [0.717, 1.165) is 28.6 Å². The van der Waals surface area contributed by atoms with E-state index in [1.165, 1.54) is 0 Å². The quantitative estimate of drug-likeness (QED) is 0.407. The zero-order chi connectivity index (χ0) is 22.5. The van der Waals surface area contributed by atoms with Crippen LogP contribution in [-0.4, -0.2) is 46.5 Å². The molecular weight excluding hydrogens is 408 g/mol. The van der Waals surface area contributed by atoms with Gasteiger partial charge in [0.15, 0.2) is 0 Å². The molecule has 4 rings (SSSR count). The number of nitrogens with one attached hydrogen (secondary N) is 2. The third kappa shape index (κ3) is 4.71. The van der Waals surface area contributed by atoms with Crippen LogP contribution in [0.25, 0.3) is 10.9 Å². The van der Waals surface area contributed by atoms with Crippen LogP contribution in [0.1, 0.15) is 18.4 Å². The summed E-state index contributed by atoms with van der Waals surface area (Å²) in [6, 6.07) is 16.4. The highest BCUT2D eigenvalue weighted by Crippen LogP contribution is 2.26. The first kappa shape index (κ1) is 21.7. The lowest BCUT2D eigenvalue weighted by Crippen LogP contribution is -2.54. The van der Waals surface area contributed by atoms with Crippen LogP contribution in [0.15, 0.2) is 60.8 Å². The molecule has 1 aliphatic heterocycles. The summed E-state index contributed by atoms with van der Waals surface area (Å²) in [6.45, 7) is 1.10. The number of ether oxygens (including phenoxy) is 1. The van der Waals surface area contributed by atoms with E-state index in [4.69, 9.17) is 9.94 Å². The van der Waals surface area contributed by atoms with Crippen LogP contribution in [0.4, 0.5) is 5.69 Å². The highest BCUT2D eigenvalue weighted by atomic mass is 16.5. The number of benzene rings is 2. The number of carbonyl (C=O) groups is 2. The van der Waals surface area contributed by atoms with Gasteiger partial charge in [-0.05, 0) is 62.3 Å². The van der Waals surface area contributed by atoms with Gasteiger partial charge in [0, 0.05) is 17.3 Å². The molecule has 0 unspecified atom stereocenters. The summed E-state index contributed by atoms with van der Waals surface area (Å²) < 4.78 is 5.99. The molecule has 2 aromatic carbocycles. The zero-order valence-electron chi connectivity index (χ0n) is 17.8. The fourth-order valence-corrected chi connectivity index (χ4v) is 4.16. The van der Waals surface area contributed by atoms with Gasteiger partial charge in [-0.15, -0.1) is 0 Å².